The summed E-state index contributed by atoms with van der Waals surface area (Å²) in [6.07, 6.45) is 6.56. The van der Waals surface area contributed by atoms with Crippen molar-refractivity contribution in [3.8, 4) is 0 Å². The van der Waals surface area contributed by atoms with E-state index in [1.54, 1.807) is 29.6 Å². The Bertz CT molecular complexity index is 1610. The summed E-state index contributed by atoms with van der Waals surface area (Å²) in [5.74, 6) is 1.29. The van der Waals surface area contributed by atoms with Gasteiger partial charge in [-0.1, -0.05) is 30.3 Å². The molecular weight excluding hydrogens is 516 g/mol. The van der Waals surface area contributed by atoms with Gasteiger partial charge in [0.15, 0.2) is 0 Å². The van der Waals surface area contributed by atoms with Crippen molar-refractivity contribution in [2.75, 3.05) is 31.1 Å². The van der Waals surface area contributed by atoms with E-state index in [4.69, 9.17) is 4.74 Å². The number of imidazole rings is 1. The number of hydrogen-bond acceptors (Lipinski definition) is 8. The van der Waals surface area contributed by atoms with Crippen LogP contribution in [0.5, 0.6) is 0 Å². The summed E-state index contributed by atoms with van der Waals surface area (Å²) >= 11 is 0. The Hall–Kier alpha value is -3.83. The number of rotatable bonds is 9. The van der Waals surface area contributed by atoms with Crippen LogP contribution in [0.15, 0.2) is 72.1 Å². The molecule has 2 aromatic heterocycles. The summed E-state index contributed by atoms with van der Waals surface area (Å²) in [5, 5.41) is 1.90. The van der Waals surface area contributed by atoms with Crippen molar-refractivity contribution < 1.29 is 17.9 Å². The fraction of sp³-hybridized carbons (Fsp3) is 0.357. The standard InChI is InChI=1S/C28H30N6O4S/c1-3-38-27(35)22-15-30-28(31-16-22)33-17-24-25(18-33)26(24)34(13-12-32-11-10-29-19(32)2)39(36,37)23-9-8-20-6-4-5-7-21(20)14-23/h4-11,14-16,24-26H,3,12-13,17-18H2,1-2H3. The van der Waals surface area contributed by atoms with E-state index in [9.17, 15) is 13.2 Å². The van der Waals surface area contributed by atoms with Gasteiger partial charge in [-0.15, -0.1) is 0 Å². The fourth-order valence-electron chi connectivity index (χ4n) is 5.63. The summed E-state index contributed by atoms with van der Waals surface area (Å²) in [6, 6.07) is 13.0. The number of piperidine rings is 1. The molecule has 2 atom stereocenters. The van der Waals surface area contributed by atoms with Gasteiger partial charge in [0, 0.05) is 57.0 Å². The van der Waals surface area contributed by atoms with Crippen LogP contribution in [0.1, 0.15) is 23.1 Å². The molecular formula is C28H30N6O4S. The van der Waals surface area contributed by atoms with Crippen LogP contribution in [0.3, 0.4) is 0 Å². The Labute approximate surface area is 227 Å². The number of esters is 1. The van der Waals surface area contributed by atoms with Gasteiger partial charge in [0.1, 0.15) is 5.82 Å². The van der Waals surface area contributed by atoms with Crippen LogP contribution in [-0.2, 0) is 21.3 Å². The lowest BCUT2D eigenvalue weighted by atomic mass is 10.1. The topological polar surface area (TPSA) is 111 Å². The fourth-order valence-corrected chi connectivity index (χ4v) is 7.37. The molecule has 202 valence electrons. The lowest BCUT2D eigenvalue weighted by molar-refractivity contribution is 0.0525. The minimum atomic E-state index is -3.74. The number of nitrogens with zero attached hydrogens (tertiary/aromatic N) is 6. The third kappa shape index (κ3) is 4.76. The van der Waals surface area contributed by atoms with Gasteiger partial charge in [0.2, 0.25) is 16.0 Å². The normalized spacial score (nSPS) is 20.4. The molecule has 2 aliphatic rings. The van der Waals surface area contributed by atoms with Crippen molar-refractivity contribution in [3.05, 3.63) is 78.6 Å². The predicted octanol–water partition coefficient (Wildman–Crippen LogP) is 3.14. The van der Waals surface area contributed by atoms with Crippen molar-refractivity contribution in [2.24, 2.45) is 11.8 Å². The molecule has 11 heteroatoms. The zero-order valence-corrected chi connectivity index (χ0v) is 22.7. The summed E-state index contributed by atoms with van der Waals surface area (Å²) in [5.41, 5.74) is 0.310. The van der Waals surface area contributed by atoms with Gasteiger partial charge in [-0.2, -0.15) is 4.31 Å². The minimum Gasteiger partial charge on any atom is -0.462 e. The average Bonchev–Trinajstić information content (AvgIpc) is 3.24. The van der Waals surface area contributed by atoms with Crippen LogP contribution in [0.4, 0.5) is 5.95 Å². The number of sulfonamides is 1. The van der Waals surface area contributed by atoms with Crippen LogP contribution in [-0.4, -0.2) is 70.5 Å². The number of anilines is 1. The molecule has 1 saturated carbocycles. The molecule has 0 radical (unpaired) electrons. The van der Waals surface area contributed by atoms with Crippen LogP contribution >= 0.6 is 0 Å². The third-order valence-electron chi connectivity index (χ3n) is 7.73. The monoisotopic (exact) mass is 546 g/mol. The highest BCUT2D eigenvalue weighted by Crippen LogP contribution is 2.51. The molecule has 39 heavy (non-hydrogen) atoms. The molecule has 2 aromatic carbocycles. The van der Waals surface area contributed by atoms with Gasteiger partial charge < -0.3 is 14.2 Å². The number of aromatic nitrogens is 4. The maximum absolute atomic E-state index is 14.1. The van der Waals surface area contributed by atoms with Crippen LogP contribution in [0.25, 0.3) is 10.8 Å². The number of carbonyl (C=O) groups excluding carboxylic acids is 1. The van der Waals surface area contributed by atoms with Crippen molar-refractivity contribution in [1.82, 2.24) is 23.8 Å². The number of benzene rings is 2. The van der Waals surface area contributed by atoms with E-state index < -0.39 is 16.0 Å². The zero-order valence-electron chi connectivity index (χ0n) is 21.8. The lowest BCUT2D eigenvalue weighted by Crippen LogP contribution is -2.41. The number of fused-ring (bicyclic) bond motifs is 2. The summed E-state index contributed by atoms with van der Waals surface area (Å²) < 4.78 is 36.8. The Morgan fingerprint density at radius 2 is 1.77 bits per heavy atom. The quantitative estimate of drug-likeness (QED) is 0.295. The number of hydrogen-bond donors (Lipinski definition) is 0. The number of ether oxygens (including phenoxy) is 1. The average molecular weight is 547 g/mol. The van der Waals surface area contributed by atoms with Gasteiger partial charge >= 0.3 is 5.97 Å². The first kappa shape index (κ1) is 25.4. The zero-order chi connectivity index (χ0) is 27.1. The molecule has 0 amide bonds. The van der Waals surface area contributed by atoms with Crippen LogP contribution in [0.2, 0.25) is 0 Å². The maximum Gasteiger partial charge on any atom is 0.341 e. The Morgan fingerprint density at radius 1 is 1.05 bits per heavy atom. The molecule has 0 spiro atoms. The first-order valence-corrected chi connectivity index (χ1v) is 14.5. The van der Waals surface area contributed by atoms with Gasteiger partial charge in [0.05, 0.1) is 17.1 Å². The Morgan fingerprint density at radius 3 is 2.44 bits per heavy atom. The van der Waals surface area contributed by atoms with Crippen LogP contribution in [0, 0.1) is 18.8 Å². The predicted molar refractivity (Wildman–Crippen MR) is 146 cm³/mol. The van der Waals surface area contributed by atoms with Gasteiger partial charge in [-0.3, -0.25) is 0 Å². The number of carbonyl (C=O) groups is 1. The van der Waals surface area contributed by atoms with Crippen molar-refractivity contribution >= 4 is 32.7 Å². The third-order valence-corrected chi connectivity index (χ3v) is 9.62. The van der Waals surface area contributed by atoms with Crippen LogP contribution < -0.4 is 4.90 Å². The maximum atomic E-state index is 14.1. The molecule has 10 nitrogen and oxygen atoms in total. The van der Waals surface area contributed by atoms with Gasteiger partial charge in [-0.05, 0) is 48.6 Å². The second-order valence-electron chi connectivity index (χ2n) is 10.0. The Balaban J connectivity index is 1.22. The Kier molecular flexibility index (Phi) is 6.56. The van der Waals surface area contributed by atoms with E-state index in [0.29, 0.717) is 42.6 Å². The molecule has 1 aliphatic carbocycles. The summed E-state index contributed by atoms with van der Waals surface area (Å²) in [4.78, 5) is 27.3. The van der Waals surface area contributed by atoms with E-state index in [0.717, 1.165) is 16.6 Å². The van der Waals surface area contributed by atoms with E-state index in [2.05, 4.69) is 19.9 Å². The molecule has 4 aromatic rings. The second-order valence-corrected chi connectivity index (χ2v) is 11.9. The SMILES string of the molecule is CCOC(=O)c1cnc(N2CC3C(C2)C3N(CCn2ccnc2C)S(=O)(=O)c2ccc3ccccc3c2)nc1. The van der Waals surface area contributed by atoms with E-state index in [-0.39, 0.29) is 24.5 Å². The molecule has 1 aliphatic heterocycles. The lowest BCUT2D eigenvalue weighted by Gasteiger charge is -2.27. The van der Waals surface area contributed by atoms with Gasteiger partial charge in [0.25, 0.3) is 0 Å². The molecule has 2 fully saturated rings. The second kappa shape index (κ2) is 10.0. The molecule has 2 unspecified atom stereocenters. The molecule has 3 heterocycles. The van der Waals surface area contributed by atoms with E-state index >= 15 is 0 Å². The minimum absolute atomic E-state index is 0.0969. The summed E-state index contributed by atoms with van der Waals surface area (Å²) in [7, 11) is -3.74. The van der Waals surface area contributed by atoms with Gasteiger partial charge in [-0.25, -0.2) is 28.2 Å². The van der Waals surface area contributed by atoms with Crippen molar-refractivity contribution in [2.45, 2.75) is 31.3 Å². The first-order valence-electron chi connectivity index (χ1n) is 13.1. The molecule has 0 N–H and O–H groups in total. The highest BCUT2D eigenvalue weighted by molar-refractivity contribution is 7.89. The highest BCUT2D eigenvalue weighted by atomic mass is 32.2. The van der Waals surface area contributed by atoms with E-state index in [1.807, 2.05) is 48.0 Å². The van der Waals surface area contributed by atoms with E-state index in [1.165, 1.54) is 12.4 Å². The first-order chi connectivity index (χ1) is 18.9. The number of aryl methyl sites for hydroxylation is 1. The highest BCUT2D eigenvalue weighted by Gasteiger charge is 2.61. The smallest absolute Gasteiger partial charge is 0.341 e. The molecule has 1 saturated heterocycles. The van der Waals surface area contributed by atoms with Crippen molar-refractivity contribution in [3.63, 3.8) is 0 Å². The largest absolute Gasteiger partial charge is 0.462 e. The summed E-state index contributed by atoms with van der Waals surface area (Å²) in [6.45, 7) is 6.14. The molecule has 6 rings (SSSR count). The molecule has 0 bridgehead atoms. The van der Waals surface area contributed by atoms with Crippen molar-refractivity contribution in [1.29, 1.82) is 0 Å².